The third-order valence-corrected chi connectivity index (χ3v) is 8.38. The molecule has 9 heteroatoms. The van der Waals surface area contributed by atoms with Crippen LogP contribution in [-0.4, -0.2) is 29.4 Å². The molecule has 0 unspecified atom stereocenters. The van der Waals surface area contributed by atoms with E-state index in [1.807, 2.05) is 59.7 Å². The van der Waals surface area contributed by atoms with Crippen molar-refractivity contribution in [3.8, 4) is 12.1 Å². The van der Waals surface area contributed by atoms with Crippen LogP contribution in [0.5, 0.6) is 0 Å². The van der Waals surface area contributed by atoms with Crippen LogP contribution in [0.1, 0.15) is 92.6 Å². The van der Waals surface area contributed by atoms with Gasteiger partial charge in [-0.25, -0.2) is 8.42 Å². The van der Waals surface area contributed by atoms with Crippen molar-refractivity contribution >= 4 is 33.5 Å². The van der Waals surface area contributed by atoms with Gasteiger partial charge < -0.3 is 0 Å². The highest BCUT2D eigenvalue weighted by Gasteiger charge is 2.25. The van der Waals surface area contributed by atoms with Gasteiger partial charge in [0.25, 0.3) is 0 Å². The van der Waals surface area contributed by atoms with E-state index < -0.39 is 22.0 Å². The summed E-state index contributed by atoms with van der Waals surface area (Å²) in [4.78, 5) is 11.2. The molecular weight excluding hydrogens is 504 g/mol. The highest BCUT2D eigenvalue weighted by molar-refractivity contribution is 7.85. The average Bonchev–Trinajstić information content (AvgIpc) is 3.42. The fourth-order valence-electron chi connectivity index (χ4n) is 3.54. The van der Waals surface area contributed by atoms with Gasteiger partial charge in [-0.1, -0.05) is 24.3 Å². The summed E-state index contributed by atoms with van der Waals surface area (Å²) in [6.07, 6.45) is 2.89. The SMILES string of the molecule is CC(C)(C)[S@@](N)=O.CC(C)(C)[S@](=O)N=C1CCc2c(C#N)cccc21.N#Cc1cccc2c1CCC2=O. The molecule has 0 aliphatic heterocycles. The lowest BCUT2D eigenvalue weighted by atomic mass is 10.0. The van der Waals surface area contributed by atoms with Gasteiger partial charge in [0.05, 0.1) is 49.5 Å². The quantitative estimate of drug-likeness (QED) is 0.553. The number of carbonyl (C=O) groups excluding carboxylic acids is 1. The Labute approximate surface area is 225 Å². The molecule has 0 amide bonds. The molecule has 2 aromatic rings. The Hall–Kier alpha value is -2.98. The summed E-state index contributed by atoms with van der Waals surface area (Å²) in [5.41, 5.74) is 5.95. The van der Waals surface area contributed by atoms with Crippen molar-refractivity contribution < 1.29 is 13.2 Å². The van der Waals surface area contributed by atoms with E-state index in [9.17, 15) is 13.2 Å². The van der Waals surface area contributed by atoms with Gasteiger partial charge in [-0.15, -0.1) is 0 Å². The van der Waals surface area contributed by atoms with Gasteiger partial charge in [0.15, 0.2) is 5.78 Å². The van der Waals surface area contributed by atoms with Gasteiger partial charge in [0, 0.05) is 17.5 Å². The second-order valence-corrected chi connectivity index (χ2v) is 14.3. The molecule has 7 nitrogen and oxygen atoms in total. The zero-order chi connectivity index (χ0) is 28.0. The topological polar surface area (TPSA) is 137 Å². The smallest absolute Gasteiger partial charge is 0.163 e. The standard InChI is InChI=1S/C14H16N2OS.C10H7NO.C4H11NOS/c1-14(2,3)18(17)16-13-8-7-11-10(9-15)5-4-6-12(11)13;11-6-7-2-1-3-9-8(7)4-5-10(9)12;1-4(2,3)7(5)6/h4-6H,7-8H2,1-3H3;1-3H,4-5H2;5H2,1-3H3/t18-;;7-/m0.0/s1. The second-order valence-electron chi connectivity index (χ2n) is 10.6. The van der Waals surface area contributed by atoms with Crippen LogP contribution in [0.3, 0.4) is 0 Å². The van der Waals surface area contributed by atoms with Crippen LogP contribution in [-0.2, 0) is 34.8 Å². The Kier molecular flexibility index (Phi) is 10.2. The number of ketones is 1. The van der Waals surface area contributed by atoms with Crippen LogP contribution in [0.25, 0.3) is 0 Å². The minimum atomic E-state index is -1.24. The Morgan fingerprint density at radius 1 is 0.784 bits per heavy atom. The molecule has 2 aliphatic rings. The molecule has 2 aliphatic carbocycles. The predicted molar refractivity (Wildman–Crippen MR) is 150 cm³/mol. The summed E-state index contributed by atoms with van der Waals surface area (Å²) in [6.45, 7) is 11.2. The van der Waals surface area contributed by atoms with Crippen LogP contribution >= 0.6 is 0 Å². The zero-order valence-electron chi connectivity index (χ0n) is 22.3. The van der Waals surface area contributed by atoms with Gasteiger partial charge >= 0.3 is 0 Å². The maximum Gasteiger partial charge on any atom is 0.163 e. The molecule has 2 N–H and O–H groups in total. The third-order valence-electron chi connectivity index (χ3n) is 5.74. The van der Waals surface area contributed by atoms with Gasteiger partial charge in [-0.3, -0.25) is 9.93 Å². The highest BCUT2D eigenvalue weighted by atomic mass is 32.2. The van der Waals surface area contributed by atoms with Crippen molar-refractivity contribution in [1.82, 2.24) is 0 Å². The van der Waals surface area contributed by atoms with E-state index in [4.69, 9.17) is 15.7 Å². The number of carbonyl (C=O) groups is 1. The molecular formula is C28H34N4O3S2. The summed E-state index contributed by atoms with van der Waals surface area (Å²) in [6, 6.07) is 15.3. The number of nitriles is 2. The van der Waals surface area contributed by atoms with E-state index in [0.29, 0.717) is 17.5 Å². The lowest BCUT2D eigenvalue weighted by molar-refractivity contribution is 0.0994. The second kappa shape index (κ2) is 12.5. The minimum Gasteiger partial charge on any atom is -0.294 e. The molecule has 2 aromatic carbocycles. The van der Waals surface area contributed by atoms with Crippen LogP contribution in [0.15, 0.2) is 40.8 Å². The number of hydrogen-bond acceptors (Lipinski definition) is 5. The molecule has 2 atom stereocenters. The molecule has 0 saturated heterocycles. The first-order valence-electron chi connectivity index (χ1n) is 11.9. The number of hydrogen-bond donors (Lipinski definition) is 1. The molecule has 4 rings (SSSR count). The summed E-state index contributed by atoms with van der Waals surface area (Å²) in [5, 5.41) is 22.8. The minimum absolute atomic E-state index is 0.169. The number of Topliss-reactive ketones (excluding diaryl/α,β-unsaturated/α-hetero) is 1. The fraction of sp³-hybridized carbons (Fsp3) is 0.429. The van der Waals surface area contributed by atoms with Gasteiger partial charge in [-0.2, -0.15) is 14.9 Å². The van der Waals surface area contributed by atoms with Crippen LogP contribution < -0.4 is 5.14 Å². The normalized spacial score (nSPS) is 16.7. The molecule has 0 spiro atoms. The maximum atomic E-state index is 12.0. The summed E-state index contributed by atoms with van der Waals surface area (Å²) in [5.74, 6) is 0.169. The molecule has 0 aromatic heterocycles. The summed E-state index contributed by atoms with van der Waals surface area (Å²) in [7, 11) is -2.42. The van der Waals surface area contributed by atoms with Gasteiger partial charge in [-0.05, 0) is 84.1 Å². The fourth-order valence-corrected chi connectivity index (χ4v) is 4.20. The Balaban J connectivity index is 0.000000218. The Morgan fingerprint density at radius 3 is 1.70 bits per heavy atom. The molecule has 37 heavy (non-hydrogen) atoms. The summed E-state index contributed by atoms with van der Waals surface area (Å²) >= 11 is 0. The molecule has 196 valence electrons. The lowest BCUT2D eigenvalue weighted by Crippen LogP contribution is -2.27. The largest absolute Gasteiger partial charge is 0.294 e. The van der Waals surface area contributed by atoms with Crippen molar-refractivity contribution in [3.63, 3.8) is 0 Å². The van der Waals surface area contributed by atoms with Crippen molar-refractivity contribution in [2.45, 2.75) is 76.7 Å². The number of nitrogens with two attached hydrogens (primary N) is 1. The van der Waals surface area contributed by atoms with Crippen LogP contribution in [0, 0.1) is 22.7 Å². The third kappa shape index (κ3) is 8.00. The first kappa shape index (κ1) is 30.2. The van der Waals surface area contributed by atoms with Crippen molar-refractivity contribution in [3.05, 3.63) is 69.8 Å². The van der Waals surface area contributed by atoms with E-state index in [-0.39, 0.29) is 15.3 Å². The summed E-state index contributed by atoms with van der Waals surface area (Å²) < 4.78 is 26.1. The monoisotopic (exact) mass is 538 g/mol. The maximum absolute atomic E-state index is 12.0. The number of fused-ring (bicyclic) bond motifs is 2. The van der Waals surface area contributed by atoms with Crippen molar-refractivity contribution in [2.24, 2.45) is 9.54 Å². The van der Waals surface area contributed by atoms with Crippen LogP contribution in [0.4, 0.5) is 0 Å². The lowest BCUT2D eigenvalue weighted by Gasteiger charge is -2.14. The van der Waals surface area contributed by atoms with E-state index in [0.717, 1.165) is 47.2 Å². The zero-order valence-corrected chi connectivity index (χ0v) is 23.9. The molecule has 0 heterocycles. The van der Waals surface area contributed by atoms with E-state index in [1.54, 1.807) is 18.2 Å². The Morgan fingerprint density at radius 2 is 1.24 bits per heavy atom. The van der Waals surface area contributed by atoms with Crippen LogP contribution in [0.2, 0.25) is 0 Å². The predicted octanol–water partition coefficient (Wildman–Crippen LogP) is 4.85. The van der Waals surface area contributed by atoms with Crippen molar-refractivity contribution in [1.29, 1.82) is 10.5 Å². The van der Waals surface area contributed by atoms with Gasteiger partial charge in [0.1, 0.15) is 11.0 Å². The average molecular weight is 539 g/mol. The molecule has 0 radical (unpaired) electrons. The van der Waals surface area contributed by atoms with E-state index in [2.05, 4.69) is 16.5 Å². The van der Waals surface area contributed by atoms with Gasteiger partial charge in [0.2, 0.25) is 0 Å². The number of benzene rings is 2. The Bertz CT molecular complexity index is 1340. The first-order chi connectivity index (χ1) is 17.2. The van der Waals surface area contributed by atoms with E-state index in [1.165, 1.54) is 0 Å². The highest BCUT2D eigenvalue weighted by Crippen LogP contribution is 2.27. The molecule has 0 saturated carbocycles. The number of rotatable bonds is 1. The van der Waals surface area contributed by atoms with Crippen molar-refractivity contribution in [2.75, 3.05) is 0 Å². The first-order valence-corrected chi connectivity index (χ1v) is 14.3. The van der Waals surface area contributed by atoms with E-state index >= 15 is 0 Å². The molecule has 0 fully saturated rings. The molecule has 0 bridgehead atoms. The number of nitrogens with zero attached hydrogens (tertiary/aromatic N) is 3.